The molecular weight excluding hydrogens is 200 g/mol. The van der Waals surface area contributed by atoms with Crippen LogP contribution in [0.2, 0.25) is 0 Å². The van der Waals surface area contributed by atoms with Crippen molar-refractivity contribution in [2.45, 2.75) is 0 Å². The van der Waals surface area contributed by atoms with Crippen molar-refractivity contribution in [2.24, 2.45) is 0 Å². The van der Waals surface area contributed by atoms with Crippen molar-refractivity contribution < 1.29 is 8.42 Å². The van der Waals surface area contributed by atoms with Crippen molar-refractivity contribution in [3.8, 4) is 0 Å². The zero-order valence-electron chi connectivity index (χ0n) is 6.85. The summed E-state index contributed by atoms with van der Waals surface area (Å²) in [7, 11) is -2.97. The Balaban J connectivity index is 3.48. The van der Waals surface area contributed by atoms with Crippen LogP contribution < -0.4 is 11.1 Å². The summed E-state index contributed by atoms with van der Waals surface area (Å²) in [6, 6.07) is 0. The van der Waals surface area contributed by atoms with Gasteiger partial charge in [-0.1, -0.05) is 0 Å². The molecule has 0 aliphatic carbocycles. The summed E-state index contributed by atoms with van der Waals surface area (Å²) in [6.07, 6.45) is 0. The highest BCUT2D eigenvalue weighted by molar-refractivity contribution is 7.91. The third-order valence-electron chi connectivity index (χ3n) is 1.28. The van der Waals surface area contributed by atoms with Gasteiger partial charge in [-0.2, -0.15) is 0 Å². The molecule has 0 aromatic carbocycles. The molecule has 0 spiro atoms. The molecule has 6 heteroatoms. The van der Waals surface area contributed by atoms with Gasteiger partial charge in [-0.15, -0.1) is 11.6 Å². The maximum Gasteiger partial charge on any atom is 0.152 e. The van der Waals surface area contributed by atoms with Gasteiger partial charge in [0.25, 0.3) is 0 Å². The third kappa shape index (κ3) is 6.84. The van der Waals surface area contributed by atoms with E-state index in [1.807, 2.05) is 0 Å². The first kappa shape index (κ1) is 12.2. The molecule has 0 atom stereocenters. The van der Waals surface area contributed by atoms with E-state index in [2.05, 4.69) is 5.32 Å². The predicted molar refractivity (Wildman–Crippen MR) is 50.2 cm³/mol. The van der Waals surface area contributed by atoms with Crippen LogP contribution >= 0.6 is 11.6 Å². The van der Waals surface area contributed by atoms with Crippen LogP contribution in [0.15, 0.2) is 0 Å². The fraction of sp³-hybridized carbons (Fsp3) is 1.00. The lowest BCUT2D eigenvalue weighted by Crippen LogP contribution is -2.27. The van der Waals surface area contributed by atoms with E-state index >= 15 is 0 Å². The van der Waals surface area contributed by atoms with E-state index < -0.39 is 9.84 Å². The zero-order chi connectivity index (χ0) is 9.45. The van der Waals surface area contributed by atoms with E-state index in [1.165, 1.54) is 0 Å². The van der Waals surface area contributed by atoms with E-state index in [0.29, 0.717) is 13.1 Å². The molecule has 0 rings (SSSR count). The van der Waals surface area contributed by atoms with Crippen molar-refractivity contribution in [3.63, 3.8) is 0 Å². The second-order valence-electron chi connectivity index (χ2n) is 2.34. The summed E-state index contributed by atoms with van der Waals surface area (Å²) in [5, 5.41) is 2.84. The van der Waals surface area contributed by atoms with Crippen LogP contribution in [0, 0.1) is 0 Å². The van der Waals surface area contributed by atoms with E-state index in [9.17, 15) is 8.42 Å². The van der Waals surface area contributed by atoms with E-state index in [0.717, 1.165) is 0 Å². The molecule has 1 radical (unpaired) electrons. The molecule has 0 heterocycles. The lowest BCUT2D eigenvalue weighted by molar-refractivity contribution is 0.592. The molecule has 4 nitrogen and oxygen atoms in total. The summed E-state index contributed by atoms with van der Waals surface area (Å²) in [6.45, 7) is 1.23. The zero-order valence-corrected chi connectivity index (χ0v) is 8.42. The standard InChI is InChI=1S/C6H14ClN2O2S/c7-1-5-12(10,11)6-4-9-3-2-8/h8-9H,1-6H2. The molecule has 0 aromatic rings. The second kappa shape index (κ2) is 6.65. The van der Waals surface area contributed by atoms with Crippen LogP contribution in [-0.2, 0) is 9.84 Å². The highest BCUT2D eigenvalue weighted by Gasteiger charge is 2.08. The van der Waals surface area contributed by atoms with Gasteiger partial charge in [-0.05, 0) is 0 Å². The smallest absolute Gasteiger partial charge is 0.152 e. The van der Waals surface area contributed by atoms with E-state index in [4.69, 9.17) is 17.3 Å². The summed E-state index contributed by atoms with van der Waals surface area (Å²) >= 11 is 5.30. The molecule has 0 saturated carbocycles. The van der Waals surface area contributed by atoms with Gasteiger partial charge >= 0.3 is 0 Å². The van der Waals surface area contributed by atoms with Gasteiger partial charge in [0.1, 0.15) is 0 Å². The maximum absolute atomic E-state index is 11.0. The first-order valence-corrected chi connectivity index (χ1v) is 6.09. The molecular formula is C6H14ClN2O2S. The van der Waals surface area contributed by atoms with Crippen LogP contribution in [-0.4, -0.2) is 45.4 Å². The fourth-order valence-electron chi connectivity index (χ4n) is 0.661. The highest BCUT2D eigenvalue weighted by Crippen LogP contribution is 1.90. The fourth-order valence-corrected chi connectivity index (χ4v) is 2.26. The predicted octanol–water partition coefficient (Wildman–Crippen LogP) is -0.487. The van der Waals surface area contributed by atoms with Gasteiger partial charge in [0, 0.05) is 25.5 Å². The lowest BCUT2D eigenvalue weighted by Gasteiger charge is -2.02. The highest BCUT2D eigenvalue weighted by atomic mass is 35.5. The van der Waals surface area contributed by atoms with Crippen LogP contribution in [0.4, 0.5) is 0 Å². The largest absolute Gasteiger partial charge is 0.314 e. The summed E-state index contributed by atoms with van der Waals surface area (Å²) in [5.74, 6) is 0.303. The number of halogens is 1. The van der Waals surface area contributed by atoms with Crippen molar-refractivity contribution in [1.29, 1.82) is 0 Å². The summed E-state index contributed by atoms with van der Waals surface area (Å²) in [5.41, 5.74) is 6.78. The van der Waals surface area contributed by atoms with Gasteiger partial charge in [0.2, 0.25) is 0 Å². The molecule has 12 heavy (non-hydrogen) atoms. The molecule has 73 valence electrons. The number of nitrogens with one attached hydrogen (secondary N) is 2. The van der Waals surface area contributed by atoms with Gasteiger partial charge in [0.05, 0.1) is 11.5 Å². The minimum absolute atomic E-state index is 0.0388. The van der Waals surface area contributed by atoms with Crippen molar-refractivity contribution in [3.05, 3.63) is 0 Å². The third-order valence-corrected chi connectivity index (χ3v) is 3.35. The van der Waals surface area contributed by atoms with Gasteiger partial charge in [0.15, 0.2) is 9.84 Å². The number of alkyl halides is 1. The Morgan fingerprint density at radius 2 is 1.92 bits per heavy atom. The van der Waals surface area contributed by atoms with Crippen molar-refractivity contribution in [1.82, 2.24) is 11.1 Å². The van der Waals surface area contributed by atoms with E-state index in [-0.39, 0.29) is 23.9 Å². The Kier molecular flexibility index (Phi) is 6.74. The van der Waals surface area contributed by atoms with Crippen LogP contribution in [0.3, 0.4) is 0 Å². The Morgan fingerprint density at radius 3 is 2.42 bits per heavy atom. The number of sulfone groups is 1. The molecule has 0 amide bonds. The summed E-state index contributed by atoms with van der Waals surface area (Å²) < 4.78 is 22.0. The average molecular weight is 214 g/mol. The normalized spacial score (nSPS) is 11.8. The Hall–Kier alpha value is 0.160. The molecule has 0 aliphatic rings. The van der Waals surface area contributed by atoms with Gasteiger partial charge in [-0.3, -0.25) is 5.73 Å². The van der Waals surface area contributed by atoms with Crippen molar-refractivity contribution >= 4 is 21.4 Å². The Labute approximate surface area is 78.4 Å². The summed E-state index contributed by atoms with van der Waals surface area (Å²) in [4.78, 5) is 0. The molecule has 0 saturated heterocycles. The van der Waals surface area contributed by atoms with Gasteiger partial charge in [-0.25, -0.2) is 8.42 Å². The quantitative estimate of drug-likeness (QED) is 0.459. The van der Waals surface area contributed by atoms with Crippen molar-refractivity contribution in [2.75, 3.05) is 37.0 Å². The first-order chi connectivity index (χ1) is 5.62. The molecule has 0 fully saturated rings. The number of hydrogen-bond acceptors (Lipinski definition) is 3. The average Bonchev–Trinajstić information content (AvgIpc) is 1.98. The van der Waals surface area contributed by atoms with Crippen LogP contribution in [0.1, 0.15) is 0 Å². The molecule has 0 bridgehead atoms. The molecule has 0 aliphatic heterocycles. The van der Waals surface area contributed by atoms with Crippen LogP contribution in [0.5, 0.6) is 0 Å². The minimum Gasteiger partial charge on any atom is -0.314 e. The van der Waals surface area contributed by atoms with Gasteiger partial charge < -0.3 is 5.32 Å². The first-order valence-electron chi connectivity index (χ1n) is 3.74. The monoisotopic (exact) mass is 213 g/mol. The lowest BCUT2D eigenvalue weighted by atomic mass is 10.6. The number of rotatable bonds is 7. The molecule has 2 N–H and O–H groups in total. The van der Waals surface area contributed by atoms with E-state index in [1.54, 1.807) is 0 Å². The molecule has 0 aromatic heterocycles. The minimum atomic E-state index is -2.97. The maximum atomic E-state index is 11.0. The topological polar surface area (TPSA) is 70.0 Å². The Bertz CT molecular complexity index is 194. The van der Waals surface area contributed by atoms with Crippen LogP contribution in [0.25, 0.3) is 0 Å². The Morgan fingerprint density at radius 1 is 1.25 bits per heavy atom. The SMILES string of the molecule is [NH]CCNCCS(=O)(=O)CCCl. The second-order valence-corrected chi connectivity index (χ2v) is 5.02. The molecule has 0 unspecified atom stereocenters. The number of hydrogen-bond donors (Lipinski definition) is 1.